The zero-order valence-electron chi connectivity index (χ0n) is 12.8. The molecule has 0 spiro atoms. The van der Waals surface area contributed by atoms with E-state index in [0.29, 0.717) is 10.8 Å². The highest BCUT2D eigenvalue weighted by Gasteiger charge is 2.17. The third kappa shape index (κ3) is 2.77. The molecule has 0 saturated heterocycles. The molecule has 6 heteroatoms. The van der Waals surface area contributed by atoms with Gasteiger partial charge in [0.2, 0.25) is 0 Å². The molecular weight excluding hydrogens is 308 g/mol. The molecule has 3 N–H and O–H groups in total. The number of fused-ring (bicyclic) bond motifs is 1. The lowest BCUT2D eigenvalue weighted by Gasteiger charge is -2.07. The Bertz CT molecular complexity index is 980. The number of aryl methyl sites for hydroxylation is 1. The van der Waals surface area contributed by atoms with Gasteiger partial charge in [-0.25, -0.2) is 4.79 Å². The number of azo groups is 1. The molecule has 3 aromatic rings. The van der Waals surface area contributed by atoms with Gasteiger partial charge in [-0.1, -0.05) is 30.3 Å². The smallest absolute Gasteiger partial charge is 0.339 e. The van der Waals surface area contributed by atoms with E-state index in [0.717, 1.165) is 5.56 Å². The molecule has 0 bridgehead atoms. The van der Waals surface area contributed by atoms with Crippen molar-refractivity contribution < 1.29 is 20.1 Å². The summed E-state index contributed by atoms with van der Waals surface area (Å²) in [5, 5.41) is 38.5. The number of carbonyl (C=O) groups is 1. The second-order valence-electron chi connectivity index (χ2n) is 5.34. The zero-order valence-corrected chi connectivity index (χ0v) is 12.8. The monoisotopic (exact) mass is 322 g/mol. The summed E-state index contributed by atoms with van der Waals surface area (Å²) < 4.78 is 0. The van der Waals surface area contributed by atoms with E-state index < -0.39 is 11.7 Å². The maximum absolute atomic E-state index is 11.3. The Balaban J connectivity index is 2.19. The predicted octanol–water partition coefficient (Wildman–Crippen LogP) is 4.67. The van der Waals surface area contributed by atoms with Crippen molar-refractivity contribution in [3.05, 3.63) is 59.7 Å². The molecule has 0 saturated carbocycles. The fourth-order valence-electron chi connectivity index (χ4n) is 2.40. The first-order chi connectivity index (χ1) is 11.5. The van der Waals surface area contributed by atoms with Gasteiger partial charge in [0.1, 0.15) is 22.7 Å². The number of nitrogens with zero attached hydrogens (tertiary/aromatic N) is 2. The number of hydrogen-bond donors (Lipinski definition) is 3. The van der Waals surface area contributed by atoms with Gasteiger partial charge in [0, 0.05) is 5.39 Å². The molecule has 0 aromatic heterocycles. The van der Waals surface area contributed by atoms with Crippen LogP contribution in [-0.4, -0.2) is 21.3 Å². The lowest BCUT2D eigenvalue weighted by atomic mass is 10.0. The van der Waals surface area contributed by atoms with Gasteiger partial charge >= 0.3 is 5.97 Å². The van der Waals surface area contributed by atoms with Gasteiger partial charge in [-0.3, -0.25) is 0 Å². The van der Waals surface area contributed by atoms with Crippen LogP contribution in [0.25, 0.3) is 10.8 Å². The highest BCUT2D eigenvalue weighted by molar-refractivity contribution is 6.04. The topological polar surface area (TPSA) is 102 Å². The van der Waals surface area contributed by atoms with E-state index >= 15 is 0 Å². The first kappa shape index (κ1) is 15.5. The summed E-state index contributed by atoms with van der Waals surface area (Å²) in [6.07, 6.45) is 0. The molecule has 0 radical (unpaired) electrons. The molecule has 0 amide bonds. The quantitative estimate of drug-likeness (QED) is 0.609. The van der Waals surface area contributed by atoms with E-state index in [2.05, 4.69) is 10.2 Å². The summed E-state index contributed by atoms with van der Waals surface area (Å²) in [4.78, 5) is 11.3. The van der Waals surface area contributed by atoms with Crippen LogP contribution in [0, 0.1) is 6.92 Å². The summed E-state index contributed by atoms with van der Waals surface area (Å²) >= 11 is 0. The number of phenols is 2. The van der Waals surface area contributed by atoms with E-state index in [1.807, 2.05) is 6.92 Å². The van der Waals surface area contributed by atoms with Gasteiger partial charge in [0.05, 0.1) is 0 Å². The minimum absolute atomic E-state index is 0.0445. The molecule has 0 atom stereocenters. The summed E-state index contributed by atoms with van der Waals surface area (Å²) in [7, 11) is 0. The fraction of sp³-hybridized carbons (Fsp3) is 0.0556. The average Bonchev–Trinajstić information content (AvgIpc) is 2.55. The van der Waals surface area contributed by atoms with E-state index in [9.17, 15) is 20.1 Å². The zero-order chi connectivity index (χ0) is 17.3. The van der Waals surface area contributed by atoms with Crippen LogP contribution < -0.4 is 0 Å². The van der Waals surface area contributed by atoms with E-state index in [1.165, 1.54) is 6.07 Å². The Morgan fingerprint density at radius 2 is 1.75 bits per heavy atom. The molecular formula is C18H14N2O4. The Hall–Kier alpha value is -3.41. The van der Waals surface area contributed by atoms with Crippen LogP contribution in [0.3, 0.4) is 0 Å². The van der Waals surface area contributed by atoms with Crippen LogP contribution in [-0.2, 0) is 0 Å². The summed E-state index contributed by atoms with van der Waals surface area (Å²) in [5.41, 5.74) is 0.888. The van der Waals surface area contributed by atoms with Crippen LogP contribution in [0.1, 0.15) is 15.9 Å². The first-order valence-corrected chi connectivity index (χ1v) is 7.16. The Morgan fingerprint density at radius 3 is 2.46 bits per heavy atom. The van der Waals surface area contributed by atoms with E-state index in [4.69, 9.17) is 0 Å². The van der Waals surface area contributed by atoms with E-state index in [-0.39, 0.29) is 22.7 Å². The molecule has 120 valence electrons. The van der Waals surface area contributed by atoms with Crippen molar-refractivity contribution in [2.45, 2.75) is 6.92 Å². The van der Waals surface area contributed by atoms with Gasteiger partial charge in [0.25, 0.3) is 0 Å². The van der Waals surface area contributed by atoms with Crippen molar-refractivity contribution in [2.75, 3.05) is 0 Å². The van der Waals surface area contributed by atoms with Gasteiger partial charge < -0.3 is 15.3 Å². The van der Waals surface area contributed by atoms with E-state index in [1.54, 1.807) is 42.5 Å². The molecule has 3 rings (SSSR count). The van der Waals surface area contributed by atoms with Gasteiger partial charge in [0.15, 0.2) is 5.75 Å². The number of hydrogen-bond acceptors (Lipinski definition) is 5. The average molecular weight is 322 g/mol. The van der Waals surface area contributed by atoms with Crippen molar-refractivity contribution in [3.8, 4) is 11.5 Å². The van der Waals surface area contributed by atoms with Crippen LogP contribution in [0.15, 0.2) is 58.8 Å². The highest BCUT2D eigenvalue weighted by Crippen LogP contribution is 2.40. The third-order valence-corrected chi connectivity index (χ3v) is 3.61. The van der Waals surface area contributed by atoms with Crippen LogP contribution in [0.5, 0.6) is 11.5 Å². The van der Waals surface area contributed by atoms with Gasteiger partial charge in [-0.15, -0.1) is 10.2 Å². The van der Waals surface area contributed by atoms with Crippen LogP contribution in [0.2, 0.25) is 0 Å². The predicted molar refractivity (Wildman–Crippen MR) is 89.6 cm³/mol. The van der Waals surface area contributed by atoms with Crippen molar-refractivity contribution in [2.24, 2.45) is 10.2 Å². The number of carboxylic acid groups (broad SMARTS) is 1. The van der Waals surface area contributed by atoms with Gasteiger partial charge in [-0.2, -0.15) is 0 Å². The molecule has 6 nitrogen and oxygen atoms in total. The lowest BCUT2D eigenvalue weighted by Crippen LogP contribution is -1.97. The van der Waals surface area contributed by atoms with Crippen LogP contribution in [0.4, 0.5) is 11.4 Å². The minimum Gasteiger partial charge on any atom is -0.506 e. The minimum atomic E-state index is -1.26. The largest absolute Gasteiger partial charge is 0.506 e. The molecule has 0 aliphatic rings. The molecule has 24 heavy (non-hydrogen) atoms. The fourth-order valence-corrected chi connectivity index (χ4v) is 2.40. The van der Waals surface area contributed by atoms with Crippen molar-refractivity contribution in [1.82, 2.24) is 0 Å². The number of benzene rings is 3. The summed E-state index contributed by atoms with van der Waals surface area (Å²) in [6.45, 7) is 1.83. The Kier molecular flexibility index (Phi) is 3.87. The van der Waals surface area contributed by atoms with Crippen LogP contribution >= 0.6 is 0 Å². The van der Waals surface area contributed by atoms with Crippen molar-refractivity contribution in [3.63, 3.8) is 0 Å². The molecule has 0 heterocycles. The molecule has 0 unspecified atom stereocenters. The summed E-state index contributed by atoms with van der Waals surface area (Å²) in [5.74, 6) is -1.76. The number of phenolic OH excluding ortho intramolecular Hbond substituents is 1. The highest BCUT2D eigenvalue weighted by atomic mass is 16.4. The number of aromatic hydroxyl groups is 2. The lowest BCUT2D eigenvalue weighted by molar-refractivity contribution is 0.0694. The second kappa shape index (κ2) is 6.00. The maximum atomic E-state index is 11.3. The summed E-state index contributed by atoms with van der Waals surface area (Å²) in [6, 6.07) is 13.2. The van der Waals surface area contributed by atoms with Crippen molar-refractivity contribution in [1.29, 1.82) is 0 Å². The molecule has 3 aromatic carbocycles. The normalized spacial score (nSPS) is 11.2. The standard InChI is InChI=1S/C18H14N2O4/c1-10-6-7-14(15(21)8-10)19-20-16-12-5-3-2-4-11(12)9-13(17(16)22)18(23)24/h2-9,21-22H,1H3,(H,23,24). The second-order valence-corrected chi connectivity index (χ2v) is 5.34. The third-order valence-electron chi connectivity index (χ3n) is 3.61. The number of carboxylic acids is 1. The number of aromatic carboxylic acids is 1. The number of rotatable bonds is 3. The Morgan fingerprint density at radius 1 is 1.00 bits per heavy atom. The first-order valence-electron chi connectivity index (χ1n) is 7.16. The Labute approximate surface area is 137 Å². The molecule has 0 aliphatic carbocycles. The molecule has 0 fully saturated rings. The van der Waals surface area contributed by atoms with Crippen molar-refractivity contribution >= 4 is 28.1 Å². The molecule has 0 aliphatic heterocycles. The van der Waals surface area contributed by atoms with Gasteiger partial charge in [-0.05, 0) is 36.1 Å². The SMILES string of the molecule is Cc1ccc(N=Nc2c(O)c(C(=O)O)cc3ccccc23)c(O)c1. The maximum Gasteiger partial charge on any atom is 0.339 e.